The van der Waals surface area contributed by atoms with Crippen LogP contribution >= 0.6 is 0 Å². The smallest absolute Gasteiger partial charge is 0.329 e. The van der Waals surface area contributed by atoms with E-state index < -0.39 is 4.92 Å². The molecule has 8 heteroatoms. The van der Waals surface area contributed by atoms with Gasteiger partial charge in [0.05, 0.1) is 4.92 Å². The highest BCUT2D eigenvalue weighted by molar-refractivity contribution is 5.56. The molecule has 0 aliphatic rings. The predicted molar refractivity (Wildman–Crippen MR) is 72.4 cm³/mol. The number of nitrogens with zero attached hydrogens (tertiary/aromatic N) is 3. The highest BCUT2D eigenvalue weighted by atomic mass is 16.6. The first-order valence-electron chi connectivity index (χ1n) is 6.19. The van der Waals surface area contributed by atoms with E-state index in [0.717, 1.165) is 19.4 Å². The molecule has 0 atom stereocenters. The summed E-state index contributed by atoms with van der Waals surface area (Å²) in [7, 11) is 1.66. The Hall–Kier alpha value is -1.96. The van der Waals surface area contributed by atoms with E-state index in [1.54, 1.807) is 7.05 Å². The summed E-state index contributed by atoms with van der Waals surface area (Å²) >= 11 is 0. The average molecular weight is 269 g/mol. The Bertz CT molecular complexity index is 413. The first-order valence-corrected chi connectivity index (χ1v) is 6.19. The number of nitro groups is 1. The molecule has 0 saturated heterocycles. The van der Waals surface area contributed by atoms with Gasteiger partial charge < -0.3 is 15.4 Å². The summed E-state index contributed by atoms with van der Waals surface area (Å²) < 4.78 is 5.32. The second-order valence-corrected chi connectivity index (χ2v) is 3.83. The van der Waals surface area contributed by atoms with Crippen molar-refractivity contribution in [2.45, 2.75) is 19.8 Å². The summed E-state index contributed by atoms with van der Waals surface area (Å²) in [6, 6.07) is 0. The second kappa shape index (κ2) is 8.20. The van der Waals surface area contributed by atoms with Crippen molar-refractivity contribution in [1.29, 1.82) is 0 Å². The molecule has 19 heavy (non-hydrogen) atoms. The fraction of sp³-hybridized carbons (Fsp3) is 0.636. The number of hydrogen-bond acceptors (Lipinski definition) is 7. The maximum atomic E-state index is 10.8. The fourth-order valence-electron chi connectivity index (χ4n) is 1.39. The summed E-state index contributed by atoms with van der Waals surface area (Å²) in [6.07, 6.45) is 2.93. The Morgan fingerprint density at radius 1 is 1.47 bits per heavy atom. The third kappa shape index (κ3) is 5.04. The standard InChI is InChI=1S/C11H19N5O3/c1-3-6-19-7-4-5-13-10-9(16(17)18)8-14-11(12-2)15-10/h8H,3-7H2,1-2H3,(H2,12,13,14,15). The quantitative estimate of drug-likeness (QED) is 0.399. The third-order valence-corrected chi connectivity index (χ3v) is 2.30. The molecule has 0 aliphatic heterocycles. The molecule has 0 saturated carbocycles. The van der Waals surface area contributed by atoms with Gasteiger partial charge in [-0.2, -0.15) is 4.98 Å². The van der Waals surface area contributed by atoms with Gasteiger partial charge in [-0.1, -0.05) is 6.92 Å². The largest absolute Gasteiger partial charge is 0.381 e. The van der Waals surface area contributed by atoms with E-state index in [2.05, 4.69) is 20.6 Å². The van der Waals surface area contributed by atoms with Crippen LogP contribution in [0.5, 0.6) is 0 Å². The number of aromatic nitrogens is 2. The first kappa shape index (κ1) is 15.1. The lowest BCUT2D eigenvalue weighted by Crippen LogP contribution is -2.10. The lowest BCUT2D eigenvalue weighted by Gasteiger charge is -2.07. The molecular weight excluding hydrogens is 250 g/mol. The average Bonchev–Trinajstić information content (AvgIpc) is 2.42. The van der Waals surface area contributed by atoms with Crippen LogP contribution in [0.15, 0.2) is 6.20 Å². The molecule has 8 nitrogen and oxygen atoms in total. The van der Waals surface area contributed by atoms with Gasteiger partial charge in [-0.3, -0.25) is 10.1 Å². The van der Waals surface area contributed by atoms with Gasteiger partial charge in [-0.05, 0) is 12.8 Å². The molecule has 1 aromatic heterocycles. The number of ether oxygens (including phenoxy) is 1. The Morgan fingerprint density at radius 2 is 2.26 bits per heavy atom. The van der Waals surface area contributed by atoms with Crippen LogP contribution in [0.1, 0.15) is 19.8 Å². The predicted octanol–water partition coefficient (Wildman–Crippen LogP) is 1.66. The third-order valence-electron chi connectivity index (χ3n) is 2.30. The molecular formula is C11H19N5O3. The van der Waals surface area contributed by atoms with E-state index in [-0.39, 0.29) is 11.5 Å². The number of nitrogens with one attached hydrogen (secondary N) is 2. The van der Waals surface area contributed by atoms with Crippen LogP contribution in [0.3, 0.4) is 0 Å². The first-order chi connectivity index (χ1) is 9.19. The monoisotopic (exact) mass is 269 g/mol. The lowest BCUT2D eigenvalue weighted by atomic mass is 10.4. The molecule has 0 radical (unpaired) electrons. The van der Waals surface area contributed by atoms with Gasteiger partial charge >= 0.3 is 5.69 Å². The zero-order valence-corrected chi connectivity index (χ0v) is 11.2. The molecule has 1 heterocycles. The van der Waals surface area contributed by atoms with Gasteiger partial charge in [0.25, 0.3) is 0 Å². The van der Waals surface area contributed by atoms with Crippen LogP contribution < -0.4 is 10.6 Å². The zero-order valence-electron chi connectivity index (χ0n) is 11.2. The summed E-state index contributed by atoms with van der Waals surface area (Å²) in [4.78, 5) is 18.2. The molecule has 0 aliphatic carbocycles. The normalized spacial score (nSPS) is 10.2. The second-order valence-electron chi connectivity index (χ2n) is 3.83. The van der Waals surface area contributed by atoms with E-state index in [4.69, 9.17) is 4.74 Å². The summed E-state index contributed by atoms with van der Waals surface area (Å²) in [5, 5.41) is 16.5. The SMILES string of the molecule is CCCOCCCNc1nc(NC)ncc1[N+](=O)[O-]. The Labute approximate surface area is 111 Å². The van der Waals surface area contributed by atoms with Crippen molar-refractivity contribution in [1.82, 2.24) is 9.97 Å². The number of hydrogen-bond donors (Lipinski definition) is 2. The maximum absolute atomic E-state index is 10.8. The van der Waals surface area contributed by atoms with Crippen LogP contribution in [0, 0.1) is 10.1 Å². The van der Waals surface area contributed by atoms with Crippen molar-refractivity contribution in [2.75, 3.05) is 37.4 Å². The van der Waals surface area contributed by atoms with Crippen molar-refractivity contribution < 1.29 is 9.66 Å². The maximum Gasteiger partial charge on any atom is 0.329 e. The molecule has 0 fully saturated rings. The van der Waals surface area contributed by atoms with Gasteiger partial charge in [-0.15, -0.1) is 0 Å². The molecule has 1 rings (SSSR count). The van der Waals surface area contributed by atoms with Crippen LogP contribution in [0.25, 0.3) is 0 Å². The summed E-state index contributed by atoms with van der Waals surface area (Å²) in [5.74, 6) is 0.565. The van der Waals surface area contributed by atoms with Crippen molar-refractivity contribution in [3.8, 4) is 0 Å². The van der Waals surface area contributed by atoms with Crippen LogP contribution in [-0.4, -0.2) is 41.7 Å². The molecule has 2 N–H and O–H groups in total. The molecule has 0 bridgehead atoms. The van der Waals surface area contributed by atoms with Crippen molar-refractivity contribution >= 4 is 17.5 Å². The lowest BCUT2D eigenvalue weighted by molar-refractivity contribution is -0.384. The van der Waals surface area contributed by atoms with Gasteiger partial charge in [0.2, 0.25) is 11.8 Å². The topological polar surface area (TPSA) is 102 Å². The molecule has 1 aromatic rings. The summed E-state index contributed by atoms with van der Waals surface area (Å²) in [5.41, 5.74) is -0.131. The van der Waals surface area contributed by atoms with Crippen LogP contribution in [0.2, 0.25) is 0 Å². The minimum atomic E-state index is -0.505. The van der Waals surface area contributed by atoms with Crippen molar-refractivity contribution in [3.05, 3.63) is 16.3 Å². The Kier molecular flexibility index (Phi) is 6.51. The fourth-order valence-corrected chi connectivity index (χ4v) is 1.39. The van der Waals surface area contributed by atoms with E-state index in [9.17, 15) is 10.1 Å². The van der Waals surface area contributed by atoms with E-state index in [1.165, 1.54) is 6.20 Å². The van der Waals surface area contributed by atoms with Gasteiger partial charge in [0.1, 0.15) is 6.20 Å². The van der Waals surface area contributed by atoms with Crippen LogP contribution in [0.4, 0.5) is 17.5 Å². The van der Waals surface area contributed by atoms with Gasteiger partial charge in [0.15, 0.2) is 0 Å². The summed E-state index contributed by atoms with van der Waals surface area (Å²) in [6.45, 7) is 3.96. The minimum Gasteiger partial charge on any atom is -0.381 e. The van der Waals surface area contributed by atoms with Gasteiger partial charge in [0, 0.05) is 26.8 Å². The number of rotatable bonds is 9. The van der Waals surface area contributed by atoms with E-state index in [1.807, 2.05) is 6.92 Å². The highest BCUT2D eigenvalue weighted by Gasteiger charge is 2.16. The van der Waals surface area contributed by atoms with E-state index in [0.29, 0.717) is 19.1 Å². The molecule has 0 unspecified atom stereocenters. The van der Waals surface area contributed by atoms with Crippen molar-refractivity contribution in [2.24, 2.45) is 0 Å². The van der Waals surface area contributed by atoms with Crippen LogP contribution in [-0.2, 0) is 4.74 Å². The Balaban J connectivity index is 2.52. The molecule has 0 spiro atoms. The molecule has 0 aromatic carbocycles. The van der Waals surface area contributed by atoms with E-state index >= 15 is 0 Å². The number of anilines is 2. The Morgan fingerprint density at radius 3 is 2.89 bits per heavy atom. The highest BCUT2D eigenvalue weighted by Crippen LogP contribution is 2.21. The minimum absolute atomic E-state index is 0.131. The van der Waals surface area contributed by atoms with Gasteiger partial charge in [-0.25, -0.2) is 4.98 Å². The molecule has 0 amide bonds. The van der Waals surface area contributed by atoms with Crippen molar-refractivity contribution in [3.63, 3.8) is 0 Å². The molecule has 106 valence electrons. The zero-order chi connectivity index (χ0) is 14.1.